The summed E-state index contributed by atoms with van der Waals surface area (Å²) in [5, 5.41) is 1.75. The van der Waals surface area contributed by atoms with Crippen molar-refractivity contribution < 1.29 is 22.7 Å². The van der Waals surface area contributed by atoms with E-state index in [0.717, 1.165) is 5.56 Å². The van der Waals surface area contributed by atoms with E-state index >= 15 is 0 Å². The standard InChI is InChI=1S/C20H20N2O5S2/c1-3-26-19(23)14-27-17-6-4-5-16(13-17)22-11-12-28-20(22)21-29(24,25)18-9-7-15(2)8-10-18/h4-13H,3,14H2,1-2H3/b21-20-. The maximum atomic E-state index is 12.7. The Morgan fingerprint density at radius 3 is 2.66 bits per heavy atom. The summed E-state index contributed by atoms with van der Waals surface area (Å²) in [6.45, 7) is 3.69. The van der Waals surface area contributed by atoms with Gasteiger partial charge in [-0.05, 0) is 38.1 Å². The molecule has 0 spiro atoms. The van der Waals surface area contributed by atoms with Crippen molar-refractivity contribution in [3.05, 3.63) is 70.5 Å². The van der Waals surface area contributed by atoms with Crippen molar-refractivity contribution in [2.24, 2.45) is 4.40 Å². The molecule has 152 valence electrons. The molecule has 0 saturated carbocycles. The summed E-state index contributed by atoms with van der Waals surface area (Å²) in [5.41, 5.74) is 1.63. The highest BCUT2D eigenvalue weighted by molar-refractivity contribution is 7.90. The van der Waals surface area contributed by atoms with E-state index in [1.807, 2.05) is 6.92 Å². The molecule has 0 saturated heterocycles. The zero-order valence-corrected chi connectivity index (χ0v) is 17.6. The van der Waals surface area contributed by atoms with Gasteiger partial charge in [0, 0.05) is 17.6 Å². The SMILES string of the molecule is CCOC(=O)COc1cccc(-n2ccs/c2=N\S(=O)(=O)c2ccc(C)cc2)c1. The number of hydrogen-bond acceptors (Lipinski definition) is 6. The Balaban J connectivity index is 1.90. The number of aromatic nitrogens is 1. The number of carbonyl (C=O) groups is 1. The summed E-state index contributed by atoms with van der Waals surface area (Å²) in [5.74, 6) is 0.00237. The predicted molar refractivity (Wildman–Crippen MR) is 110 cm³/mol. The molecular weight excluding hydrogens is 412 g/mol. The van der Waals surface area contributed by atoms with E-state index in [-0.39, 0.29) is 18.1 Å². The van der Waals surface area contributed by atoms with Gasteiger partial charge in [-0.25, -0.2) is 4.79 Å². The van der Waals surface area contributed by atoms with Gasteiger partial charge in [0.1, 0.15) is 5.75 Å². The molecule has 0 bridgehead atoms. The number of thiazole rings is 1. The highest BCUT2D eigenvalue weighted by Gasteiger charge is 2.13. The minimum atomic E-state index is -3.85. The molecule has 9 heteroatoms. The van der Waals surface area contributed by atoms with Gasteiger partial charge in [-0.3, -0.25) is 4.57 Å². The van der Waals surface area contributed by atoms with Crippen molar-refractivity contribution in [3.63, 3.8) is 0 Å². The molecule has 1 aromatic heterocycles. The molecule has 0 atom stereocenters. The number of aryl methyl sites for hydroxylation is 1. The molecule has 1 heterocycles. The number of rotatable bonds is 7. The lowest BCUT2D eigenvalue weighted by Crippen LogP contribution is -2.16. The third-order valence-corrected chi connectivity index (χ3v) is 6.02. The first-order chi connectivity index (χ1) is 13.9. The lowest BCUT2D eigenvalue weighted by molar-refractivity contribution is -0.145. The molecule has 0 amide bonds. The summed E-state index contributed by atoms with van der Waals surface area (Å²) in [4.78, 5) is 11.9. The van der Waals surface area contributed by atoms with Gasteiger partial charge in [0.05, 0.1) is 17.2 Å². The van der Waals surface area contributed by atoms with Crippen molar-refractivity contribution in [3.8, 4) is 11.4 Å². The Morgan fingerprint density at radius 1 is 1.17 bits per heavy atom. The van der Waals surface area contributed by atoms with Crippen LogP contribution < -0.4 is 9.54 Å². The predicted octanol–water partition coefficient (Wildman–Crippen LogP) is 3.08. The average Bonchev–Trinajstić information content (AvgIpc) is 3.14. The van der Waals surface area contributed by atoms with E-state index in [1.54, 1.807) is 59.5 Å². The van der Waals surface area contributed by atoms with Crippen LogP contribution in [0.4, 0.5) is 0 Å². The molecule has 29 heavy (non-hydrogen) atoms. The number of esters is 1. The Bertz CT molecular complexity index is 1160. The molecule has 0 aliphatic rings. The molecule has 0 radical (unpaired) electrons. The topological polar surface area (TPSA) is 87.0 Å². The summed E-state index contributed by atoms with van der Waals surface area (Å²) >= 11 is 1.20. The van der Waals surface area contributed by atoms with Gasteiger partial charge < -0.3 is 9.47 Å². The molecule has 2 aromatic carbocycles. The van der Waals surface area contributed by atoms with Crippen molar-refractivity contribution in [1.29, 1.82) is 0 Å². The first-order valence-corrected chi connectivity index (χ1v) is 11.1. The molecule has 0 aliphatic heterocycles. The molecule has 0 fully saturated rings. The smallest absolute Gasteiger partial charge is 0.344 e. The minimum absolute atomic E-state index is 0.134. The van der Waals surface area contributed by atoms with E-state index in [4.69, 9.17) is 9.47 Å². The second-order valence-electron chi connectivity index (χ2n) is 6.03. The first-order valence-electron chi connectivity index (χ1n) is 8.82. The summed E-state index contributed by atoms with van der Waals surface area (Å²) in [7, 11) is -3.85. The van der Waals surface area contributed by atoms with Gasteiger partial charge in [-0.1, -0.05) is 23.8 Å². The maximum absolute atomic E-state index is 12.7. The van der Waals surface area contributed by atoms with Gasteiger partial charge in [-0.2, -0.15) is 8.42 Å². The van der Waals surface area contributed by atoms with E-state index in [2.05, 4.69) is 4.40 Å². The maximum Gasteiger partial charge on any atom is 0.344 e. The highest BCUT2D eigenvalue weighted by Crippen LogP contribution is 2.17. The second-order valence-corrected chi connectivity index (χ2v) is 8.50. The Labute approximate surface area is 172 Å². The summed E-state index contributed by atoms with van der Waals surface area (Å²) < 4.78 is 41.2. The zero-order chi connectivity index (χ0) is 20.9. The van der Waals surface area contributed by atoms with Gasteiger partial charge in [-0.15, -0.1) is 15.7 Å². The van der Waals surface area contributed by atoms with Gasteiger partial charge >= 0.3 is 5.97 Å². The third kappa shape index (κ3) is 5.33. The van der Waals surface area contributed by atoms with Crippen molar-refractivity contribution in [2.45, 2.75) is 18.7 Å². The lowest BCUT2D eigenvalue weighted by Gasteiger charge is -2.08. The fourth-order valence-corrected chi connectivity index (χ4v) is 4.40. The Kier molecular flexibility index (Phi) is 6.50. The van der Waals surface area contributed by atoms with Crippen LogP contribution >= 0.6 is 11.3 Å². The van der Waals surface area contributed by atoms with Gasteiger partial charge in [0.25, 0.3) is 10.0 Å². The monoisotopic (exact) mass is 432 g/mol. The summed E-state index contributed by atoms with van der Waals surface area (Å²) in [6, 6.07) is 13.5. The number of sulfonamides is 1. The van der Waals surface area contributed by atoms with Crippen LogP contribution in [0, 0.1) is 6.92 Å². The number of carbonyl (C=O) groups excluding carboxylic acids is 1. The first kappa shape index (κ1) is 20.8. The van der Waals surface area contributed by atoms with E-state index < -0.39 is 16.0 Å². The number of ether oxygens (including phenoxy) is 2. The van der Waals surface area contributed by atoms with Crippen LogP contribution in [-0.4, -0.2) is 32.2 Å². The number of nitrogens with zero attached hydrogens (tertiary/aromatic N) is 2. The van der Waals surface area contributed by atoms with Crippen molar-refractivity contribution in [1.82, 2.24) is 4.57 Å². The fraction of sp³-hybridized carbons (Fsp3) is 0.200. The molecule has 7 nitrogen and oxygen atoms in total. The molecular formula is C20H20N2O5S2. The van der Waals surface area contributed by atoms with Gasteiger partial charge in [0.15, 0.2) is 6.61 Å². The Hall–Kier alpha value is -2.91. The zero-order valence-electron chi connectivity index (χ0n) is 15.9. The molecule has 3 aromatic rings. The van der Waals surface area contributed by atoms with Crippen molar-refractivity contribution in [2.75, 3.05) is 13.2 Å². The summed E-state index contributed by atoms with van der Waals surface area (Å²) in [6.07, 6.45) is 1.72. The van der Waals surface area contributed by atoms with E-state index in [1.165, 1.54) is 23.5 Å². The normalized spacial score (nSPS) is 12.0. The highest BCUT2D eigenvalue weighted by atomic mass is 32.2. The molecule has 0 unspecified atom stereocenters. The van der Waals surface area contributed by atoms with Gasteiger partial charge in [0.2, 0.25) is 4.80 Å². The lowest BCUT2D eigenvalue weighted by atomic mass is 10.2. The molecule has 3 rings (SSSR count). The van der Waals surface area contributed by atoms with Crippen LogP contribution in [0.5, 0.6) is 5.75 Å². The van der Waals surface area contributed by atoms with Crippen LogP contribution in [0.1, 0.15) is 12.5 Å². The average molecular weight is 433 g/mol. The molecule has 0 aliphatic carbocycles. The molecule has 0 N–H and O–H groups in total. The van der Waals surface area contributed by atoms with Crippen LogP contribution in [0.25, 0.3) is 5.69 Å². The van der Waals surface area contributed by atoms with Crippen molar-refractivity contribution >= 4 is 27.3 Å². The van der Waals surface area contributed by atoms with Crippen LogP contribution in [-0.2, 0) is 19.6 Å². The number of benzene rings is 2. The quantitative estimate of drug-likeness (QED) is 0.536. The van der Waals surface area contributed by atoms with E-state index in [9.17, 15) is 13.2 Å². The second kappa shape index (κ2) is 9.06. The van der Waals surface area contributed by atoms with Crippen LogP contribution in [0.2, 0.25) is 0 Å². The van der Waals surface area contributed by atoms with E-state index in [0.29, 0.717) is 16.2 Å². The fourth-order valence-electron chi connectivity index (χ4n) is 2.47. The number of hydrogen-bond donors (Lipinski definition) is 0. The largest absolute Gasteiger partial charge is 0.482 e. The minimum Gasteiger partial charge on any atom is -0.482 e. The van der Waals surface area contributed by atoms with Crippen LogP contribution in [0.15, 0.2) is 69.4 Å². The van der Waals surface area contributed by atoms with Crippen LogP contribution in [0.3, 0.4) is 0 Å². The Morgan fingerprint density at radius 2 is 1.93 bits per heavy atom. The third-order valence-electron chi connectivity index (χ3n) is 3.86.